The third-order valence-electron chi connectivity index (χ3n) is 4.63. The van der Waals surface area contributed by atoms with Crippen molar-refractivity contribution in [2.45, 2.75) is 12.8 Å². The SMILES string of the molecule is O=C(Nc1ccc(N2CCc3ccccc32)cc1)C1CCOC1. The van der Waals surface area contributed by atoms with Gasteiger partial charge in [-0.25, -0.2) is 0 Å². The number of carbonyl (C=O) groups excluding carboxylic acids is 1. The Labute approximate surface area is 136 Å². The highest BCUT2D eigenvalue weighted by Gasteiger charge is 2.24. The first kappa shape index (κ1) is 14.3. The van der Waals surface area contributed by atoms with Crippen molar-refractivity contribution in [3.63, 3.8) is 0 Å². The average Bonchev–Trinajstić information content (AvgIpc) is 3.25. The van der Waals surface area contributed by atoms with Crippen LogP contribution in [0.2, 0.25) is 0 Å². The molecule has 4 nitrogen and oxygen atoms in total. The van der Waals surface area contributed by atoms with Gasteiger partial charge in [-0.3, -0.25) is 4.79 Å². The van der Waals surface area contributed by atoms with Crippen LogP contribution in [0.4, 0.5) is 17.1 Å². The fourth-order valence-corrected chi connectivity index (χ4v) is 3.32. The molecule has 0 radical (unpaired) electrons. The standard InChI is InChI=1S/C19H20N2O2/c22-19(15-10-12-23-13-15)20-16-5-7-17(8-6-16)21-11-9-14-3-1-2-4-18(14)21/h1-8,15H,9-13H2,(H,20,22). The molecule has 2 aromatic rings. The van der Waals surface area contributed by atoms with Crippen LogP contribution < -0.4 is 10.2 Å². The summed E-state index contributed by atoms with van der Waals surface area (Å²) in [5, 5.41) is 2.98. The van der Waals surface area contributed by atoms with E-state index >= 15 is 0 Å². The fourth-order valence-electron chi connectivity index (χ4n) is 3.32. The van der Waals surface area contributed by atoms with Gasteiger partial charge in [0.2, 0.25) is 5.91 Å². The van der Waals surface area contributed by atoms with Crippen LogP contribution in [0.3, 0.4) is 0 Å². The molecule has 4 heteroatoms. The topological polar surface area (TPSA) is 41.6 Å². The van der Waals surface area contributed by atoms with Crippen molar-refractivity contribution in [3.8, 4) is 0 Å². The Morgan fingerprint density at radius 2 is 1.96 bits per heavy atom. The van der Waals surface area contributed by atoms with Crippen LogP contribution in [-0.2, 0) is 16.0 Å². The zero-order valence-corrected chi connectivity index (χ0v) is 13.0. The Bertz CT molecular complexity index is 706. The number of hydrogen-bond acceptors (Lipinski definition) is 3. The molecule has 0 aliphatic carbocycles. The molecule has 1 unspecified atom stereocenters. The van der Waals surface area contributed by atoms with Crippen LogP contribution in [0.5, 0.6) is 0 Å². The number of para-hydroxylation sites is 1. The van der Waals surface area contributed by atoms with E-state index in [4.69, 9.17) is 4.74 Å². The van der Waals surface area contributed by atoms with Crippen LogP contribution in [0, 0.1) is 5.92 Å². The lowest BCUT2D eigenvalue weighted by atomic mass is 10.1. The number of carbonyl (C=O) groups is 1. The number of nitrogens with zero attached hydrogens (tertiary/aromatic N) is 1. The number of nitrogens with one attached hydrogen (secondary N) is 1. The number of rotatable bonds is 3. The van der Waals surface area contributed by atoms with Crippen LogP contribution >= 0.6 is 0 Å². The van der Waals surface area contributed by atoms with E-state index < -0.39 is 0 Å². The number of hydrogen-bond donors (Lipinski definition) is 1. The number of ether oxygens (including phenoxy) is 1. The third-order valence-corrected chi connectivity index (χ3v) is 4.63. The summed E-state index contributed by atoms with van der Waals surface area (Å²) in [6.07, 6.45) is 1.89. The first-order valence-corrected chi connectivity index (χ1v) is 8.15. The van der Waals surface area contributed by atoms with Crippen LogP contribution in [0.15, 0.2) is 48.5 Å². The van der Waals surface area contributed by atoms with E-state index in [2.05, 4.69) is 46.6 Å². The van der Waals surface area contributed by atoms with Gasteiger partial charge in [-0.2, -0.15) is 0 Å². The van der Waals surface area contributed by atoms with Gasteiger partial charge >= 0.3 is 0 Å². The summed E-state index contributed by atoms with van der Waals surface area (Å²) in [5.41, 5.74) is 4.69. The van der Waals surface area contributed by atoms with E-state index in [1.165, 1.54) is 11.3 Å². The van der Waals surface area contributed by atoms with E-state index in [0.29, 0.717) is 13.2 Å². The molecule has 23 heavy (non-hydrogen) atoms. The summed E-state index contributed by atoms with van der Waals surface area (Å²) in [7, 11) is 0. The second-order valence-corrected chi connectivity index (χ2v) is 6.13. The van der Waals surface area contributed by atoms with Crippen molar-refractivity contribution in [1.29, 1.82) is 0 Å². The second-order valence-electron chi connectivity index (χ2n) is 6.13. The zero-order chi connectivity index (χ0) is 15.6. The average molecular weight is 308 g/mol. The van der Waals surface area contributed by atoms with Gasteiger partial charge in [-0.15, -0.1) is 0 Å². The molecule has 2 aliphatic heterocycles. The van der Waals surface area contributed by atoms with Gasteiger partial charge in [0, 0.05) is 30.2 Å². The molecule has 118 valence electrons. The molecular formula is C19H20N2O2. The molecule has 2 aromatic carbocycles. The largest absolute Gasteiger partial charge is 0.381 e. The monoisotopic (exact) mass is 308 g/mol. The normalized spacial score (nSPS) is 19.7. The van der Waals surface area contributed by atoms with E-state index in [9.17, 15) is 4.79 Å². The molecular weight excluding hydrogens is 288 g/mol. The molecule has 0 spiro atoms. The number of benzene rings is 2. The minimum Gasteiger partial charge on any atom is -0.381 e. The quantitative estimate of drug-likeness (QED) is 0.945. The molecule has 2 aliphatic rings. The highest BCUT2D eigenvalue weighted by atomic mass is 16.5. The first-order valence-electron chi connectivity index (χ1n) is 8.15. The lowest BCUT2D eigenvalue weighted by Gasteiger charge is -2.20. The van der Waals surface area contributed by atoms with Crippen LogP contribution in [0.1, 0.15) is 12.0 Å². The molecule has 1 atom stereocenters. The number of anilines is 3. The van der Waals surface area contributed by atoms with Crippen molar-refractivity contribution >= 4 is 23.0 Å². The van der Waals surface area contributed by atoms with Crippen molar-refractivity contribution in [2.75, 3.05) is 30.0 Å². The Hall–Kier alpha value is -2.33. The molecule has 1 amide bonds. The fraction of sp³-hybridized carbons (Fsp3) is 0.316. The van der Waals surface area contributed by atoms with Gasteiger partial charge in [0.05, 0.1) is 12.5 Å². The van der Waals surface area contributed by atoms with Crippen molar-refractivity contribution in [3.05, 3.63) is 54.1 Å². The van der Waals surface area contributed by atoms with Crippen molar-refractivity contribution < 1.29 is 9.53 Å². The number of amides is 1. The summed E-state index contributed by atoms with van der Waals surface area (Å²) in [6, 6.07) is 16.6. The minimum absolute atomic E-state index is 0.0138. The third kappa shape index (κ3) is 2.82. The smallest absolute Gasteiger partial charge is 0.229 e. The lowest BCUT2D eigenvalue weighted by molar-refractivity contribution is -0.119. The molecule has 0 aromatic heterocycles. The molecule has 4 rings (SSSR count). The maximum Gasteiger partial charge on any atom is 0.229 e. The molecule has 1 N–H and O–H groups in total. The molecule has 1 fully saturated rings. The maximum absolute atomic E-state index is 12.1. The first-order chi connectivity index (χ1) is 11.3. The Morgan fingerprint density at radius 1 is 1.13 bits per heavy atom. The van der Waals surface area contributed by atoms with Crippen molar-refractivity contribution in [2.24, 2.45) is 5.92 Å². The highest BCUT2D eigenvalue weighted by molar-refractivity contribution is 5.93. The predicted octanol–water partition coefficient (Wildman–Crippen LogP) is 3.36. The summed E-state index contributed by atoms with van der Waals surface area (Å²) in [4.78, 5) is 14.4. The van der Waals surface area contributed by atoms with Crippen LogP contribution in [0.25, 0.3) is 0 Å². The van der Waals surface area contributed by atoms with Gasteiger partial charge < -0.3 is 15.0 Å². The van der Waals surface area contributed by atoms with E-state index in [1.54, 1.807) is 0 Å². The van der Waals surface area contributed by atoms with Gasteiger partial charge in [0.25, 0.3) is 0 Å². The second kappa shape index (κ2) is 6.05. The maximum atomic E-state index is 12.1. The number of fused-ring (bicyclic) bond motifs is 1. The Morgan fingerprint density at radius 3 is 2.74 bits per heavy atom. The lowest BCUT2D eigenvalue weighted by Crippen LogP contribution is -2.22. The summed E-state index contributed by atoms with van der Waals surface area (Å²) < 4.78 is 5.27. The van der Waals surface area contributed by atoms with Gasteiger partial charge in [0.1, 0.15) is 0 Å². The zero-order valence-electron chi connectivity index (χ0n) is 13.0. The highest BCUT2D eigenvalue weighted by Crippen LogP contribution is 2.34. The summed E-state index contributed by atoms with van der Waals surface area (Å²) >= 11 is 0. The van der Waals surface area contributed by atoms with Crippen LogP contribution in [-0.4, -0.2) is 25.7 Å². The Balaban J connectivity index is 1.47. The van der Waals surface area contributed by atoms with Gasteiger partial charge in [-0.1, -0.05) is 18.2 Å². The molecule has 0 saturated carbocycles. The van der Waals surface area contributed by atoms with E-state index in [0.717, 1.165) is 30.8 Å². The van der Waals surface area contributed by atoms with Gasteiger partial charge in [-0.05, 0) is 48.7 Å². The van der Waals surface area contributed by atoms with E-state index in [-0.39, 0.29) is 11.8 Å². The summed E-state index contributed by atoms with van der Waals surface area (Å²) in [5.74, 6) is 0.0434. The van der Waals surface area contributed by atoms with Gasteiger partial charge in [0.15, 0.2) is 0 Å². The Kier molecular flexibility index (Phi) is 3.75. The minimum atomic E-state index is -0.0138. The molecule has 0 bridgehead atoms. The van der Waals surface area contributed by atoms with E-state index in [1.807, 2.05) is 12.1 Å². The molecule has 1 saturated heterocycles. The molecule has 2 heterocycles. The predicted molar refractivity (Wildman–Crippen MR) is 91.1 cm³/mol. The summed E-state index contributed by atoms with van der Waals surface area (Å²) in [6.45, 7) is 2.23. The van der Waals surface area contributed by atoms with Crippen molar-refractivity contribution in [1.82, 2.24) is 0 Å².